The highest BCUT2D eigenvalue weighted by Crippen LogP contribution is 2.33. The zero-order valence-corrected chi connectivity index (χ0v) is 16.1. The molecule has 1 atom stereocenters. The van der Waals surface area contributed by atoms with E-state index in [-0.39, 0.29) is 24.2 Å². The summed E-state index contributed by atoms with van der Waals surface area (Å²) < 4.78 is 5.63. The van der Waals surface area contributed by atoms with Gasteiger partial charge in [-0.1, -0.05) is 38.1 Å². The van der Waals surface area contributed by atoms with Crippen molar-refractivity contribution in [1.82, 2.24) is 0 Å². The Kier molecular flexibility index (Phi) is 5.79. The maximum atomic E-state index is 12.6. The van der Waals surface area contributed by atoms with Gasteiger partial charge in [0.05, 0.1) is 18.2 Å². The second kappa shape index (κ2) is 8.25. The molecule has 0 saturated carbocycles. The number of nitrogens with one attached hydrogen (secondary N) is 1. The SMILES string of the molecule is CCOc1ccccc1N1CC(C(=O)Nc2ccc(C(C)C)cc2)CC1=O. The van der Waals surface area contributed by atoms with Crippen LogP contribution in [0.3, 0.4) is 0 Å². The number of carbonyl (C=O) groups is 2. The fourth-order valence-corrected chi connectivity index (χ4v) is 3.27. The summed E-state index contributed by atoms with van der Waals surface area (Å²) in [6.07, 6.45) is 0.205. The first kappa shape index (κ1) is 19.0. The Bertz CT molecular complexity index is 815. The minimum atomic E-state index is -0.378. The number of hydrogen-bond donors (Lipinski definition) is 1. The van der Waals surface area contributed by atoms with Crippen molar-refractivity contribution in [2.45, 2.75) is 33.1 Å². The first-order chi connectivity index (χ1) is 13.0. The van der Waals surface area contributed by atoms with Crippen molar-refractivity contribution in [1.29, 1.82) is 0 Å². The van der Waals surface area contributed by atoms with E-state index in [1.807, 2.05) is 55.5 Å². The molecule has 1 heterocycles. The molecule has 27 heavy (non-hydrogen) atoms. The number of rotatable bonds is 6. The van der Waals surface area contributed by atoms with Crippen LogP contribution in [-0.4, -0.2) is 25.0 Å². The van der Waals surface area contributed by atoms with Gasteiger partial charge in [0.1, 0.15) is 5.75 Å². The zero-order chi connectivity index (χ0) is 19.4. The van der Waals surface area contributed by atoms with E-state index in [0.717, 1.165) is 11.4 Å². The Morgan fingerprint density at radius 2 is 1.89 bits per heavy atom. The standard InChI is InChI=1S/C22H26N2O3/c1-4-27-20-8-6-5-7-19(20)24-14-17(13-21(24)25)22(26)23-18-11-9-16(10-12-18)15(2)3/h5-12,15,17H,4,13-14H2,1-3H3,(H,23,26). The summed E-state index contributed by atoms with van der Waals surface area (Å²) in [6, 6.07) is 15.3. The predicted octanol–water partition coefficient (Wildman–Crippen LogP) is 4.20. The lowest BCUT2D eigenvalue weighted by Gasteiger charge is -2.20. The maximum absolute atomic E-state index is 12.6. The van der Waals surface area contributed by atoms with Crippen LogP contribution >= 0.6 is 0 Å². The molecule has 1 N–H and O–H groups in total. The smallest absolute Gasteiger partial charge is 0.229 e. The van der Waals surface area contributed by atoms with Crippen molar-refractivity contribution in [3.63, 3.8) is 0 Å². The third-order valence-electron chi connectivity index (χ3n) is 4.80. The van der Waals surface area contributed by atoms with Crippen molar-refractivity contribution in [2.75, 3.05) is 23.4 Å². The summed E-state index contributed by atoms with van der Waals surface area (Å²) >= 11 is 0. The lowest BCUT2D eigenvalue weighted by Crippen LogP contribution is -2.28. The summed E-state index contributed by atoms with van der Waals surface area (Å²) in [5.41, 5.74) is 2.70. The summed E-state index contributed by atoms with van der Waals surface area (Å²) in [7, 11) is 0. The van der Waals surface area contributed by atoms with E-state index in [1.54, 1.807) is 4.90 Å². The number of benzene rings is 2. The average Bonchev–Trinajstić information content (AvgIpc) is 3.05. The fourth-order valence-electron chi connectivity index (χ4n) is 3.27. The number of hydrogen-bond acceptors (Lipinski definition) is 3. The molecule has 1 fully saturated rings. The molecule has 1 saturated heterocycles. The van der Waals surface area contributed by atoms with Gasteiger partial charge in [-0.05, 0) is 42.7 Å². The van der Waals surface area contributed by atoms with Gasteiger partial charge in [-0.2, -0.15) is 0 Å². The number of anilines is 2. The van der Waals surface area contributed by atoms with Gasteiger partial charge in [0.2, 0.25) is 11.8 Å². The lowest BCUT2D eigenvalue weighted by atomic mass is 10.0. The highest BCUT2D eigenvalue weighted by molar-refractivity contribution is 6.04. The normalized spacial score (nSPS) is 16.7. The molecule has 1 unspecified atom stereocenters. The Labute approximate surface area is 160 Å². The van der Waals surface area contributed by atoms with E-state index in [4.69, 9.17) is 4.74 Å². The highest BCUT2D eigenvalue weighted by Gasteiger charge is 2.36. The van der Waals surface area contributed by atoms with Gasteiger partial charge >= 0.3 is 0 Å². The molecule has 3 rings (SSSR count). The maximum Gasteiger partial charge on any atom is 0.229 e. The molecule has 0 radical (unpaired) electrons. The third-order valence-corrected chi connectivity index (χ3v) is 4.80. The molecule has 0 aromatic heterocycles. The van der Waals surface area contributed by atoms with Crippen LogP contribution in [0.1, 0.15) is 38.7 Å². The Morgan fingerprint density at radius 1 is 1.19 bits per heavy atom. The van der Waals surface area contributed by atoms with Gasteiger partial charge in [0.15, 0.2) is 0 Å². The number of ether oxygens (including phenoxy) is 1. The molecule has 2 aromatic rings. The van der Waals surface area contributed by atoms with E-state index >= 15 is 0 Å². The van der Waals surface area contributed by atoms with E-state index in [1.165, 1.54) is 5.56 Å². The number of amides is 2. The zero-order valence-electron chi connectivity index (χ0n) is 16.1. The molecule has 2 aromatic carbocycles. The van der Waals surface area contributed by atoms with E-state index < -0.39 is 0 Å². The Hall–Kier alpha value is -2.82. The van der Waals surface area contributed by atoms with Crippen LogP contribution in [0.2, 0.25) is 0 Å². The molecule has 142 valence electrons. The van der Waals surface area contributed by atoms with Crippen LogP contribution in [0.5, 0.6) is 5.75 Å². The fraction of sp³-hybridized carbons (Fsp3) is 0.364. The summed E-state index contributed by atoms with van der Waals surface area (Å²) in [5.74, 6) is 0.548. The van der Waals surface area contributed by atoms with Gasteiger partial charge in [-0.25, -0.2) is 0 Å². The van der Waals surface area contributed by atoms with Gasteiger partial charge in [0.25, 0.3) is 0 Å². The van der Waals surface area contributed by atoms with Crippen molar-refractivity contribution in [3.8, 4) is 5.75 Å². The largest absolute Gasteiger partial charge is 0.492 e. The van der Waals surface area contributed by atoms with Crippen LogP contribution in [0.4, 0.5) is 11.4 Å². The minimum absolute atomic E-state index is 0.0579. The van der Waals surface area contributed by atoms with Crippen molar-refractivity contribution < 1.29 is 14.3 Å². The quantitative estimate of drug-likeness (QED) is 0.833. The molecule has 1 aliphatic heterocycles. The van der Waals surface area contributed by atoms with Gasteiger partial charge in [-0.3, -0.25) is 9.59 Å². The molecule has 1 aliphatic rings. The Balaban J connectivity index is 1.69. The molecular weight excluding hydrogens is 340 g/mol. The van der Waals surface area contributed by atoms with Crippen LogP contribution in [0.15, 0.2) is 48.5 Å². The van der Waals surface area contributed by atoms with Gasteiger partial charge in [0, 0.05) is 18.7 Å². The van der Waals surface area contributed by atoms with E-state index in [2.05, 4.69) is 19.2 Å². The number of carbonyl (C=O) groups excluding carboxylic acids is 2. The molecule has 5 nitrogen and oxygen atoms in total. The van der Waals surface area contributed by atoms with Gasteiger partial charge < -0.3 is 15.0 Å². The molecule has 2 amide bonds. The van der Waals surface area contributed by atoms with Crippen LogP contribution in [-0.2, 0) is 9.59 Å². The van der Waals surface area contributed by atoms with Crippen LogP contribution in [0, 0.1) is 5.92 Å². The third kappa shape index (κ3) is 4.30. The van der Waals surface area contributed by atoms with E-state index in [9.17, 15) is 9.59 Å². The number of nitrogens with zero attached hydrogens (tertiary/aromatic N) is 1. The van der Waals surface area contributed by atoms with Crippen LogP contribution < -0.4 is 15.0 Å². The molecule has 0 bridgehead atoms. The second-order valence-electron chi connectivity index (χ2n) is 7.07. The number of para-hydroxylation sites is 2. The molecule has 0 spiro atoms. The minimum Gasteiger partial charge on any atom is -0.492 e. The molecule has 0 aliphatic carbocycles. The highest BCUT2D eigenvalue weighted by atomic mass is 16.5. The van der Waals surface area contributed by atoms with Crippen LogP contribution in [0.25, 0.3) is 0 Å². The summed E-state index contributed by atoms with van der Waals surface area (Å²) in [5, 5.41) is 2.93. The van der Waals surface area contributed by atoms with E-state index in [0.29, 0.717) is 24.8 Å². The summed E-state index contributed by atoms with van der Waals surface area (Å²) in [4.78, 5) is 26.8. The topological polar surface area (TPSA) is 58.6 Å². The Morgan fingerprint density at radius 3 is 2.56 bits per heavy atom. The average molecular weight is 366 g/mol. The molecular formula is C22H26N2O3. The molecule has 5 heteroatoms. The second-order valence-corrected chi connectivity index (χ2v) is 7.07. The summed E-state index contributed by atoms with van der Waals surface area (Å²) in [6.45, 7) is 7.05. The lowest BCUT2D eigenvalue weighted by molar-refractivity contribution is -0.122. The van der Waals surface area contributed by atoms with Crippen molar-refractivity contribution in [3.05, 3.63) is 54.1 Å². The first-order valence-electron chi connectivity index (χ1n) is 9.42. The van der Waals surface area contributed by atoms with Crippen molar-refractivity contribution >= 4 is 23.2 Å². The first-order valence-corrected chi connectivity index (χ1v) is 9.42. The monoisotopic (exact) mass is 366 g/mol. The van der Waals surface area contributed by atoms with Gasteiger partial charge in [-0.15, -0.1) is 0 Å². The van der Waals surface area contributed by atoms with Crippen molar-refractivity contribution in [2.24, 2.45) is 5.92 Å². The predicted molar refractivity (Wildman–Crippen MR) is 107 cm³/mol.